The number of halogens is 3. The predicted octanol–water partition coefficient (Wildman–Crippen LogP) is 1.64. The van der Waals surface area contributed by atoms with Crippen molar-refractivity contribution in [1.29, 1.82) is 0 Å². The summed E-state index contributed by atoms with van der Waals surface area (Å²) in [7, 11) is 3.58. The monoisotopic (exact) mass is 346 g/mol. The molecule has 134 valence electrons. The van der Waals surface area contributed by atoms with E-state index in [9.17, 15) is 18.0 Å². The predicted molar refractivity (Wildman–Crippen MR) is 84.1 cm³/mol. The van der Waals surface area contributed by atoms with E-state index in [2.05, 4.69) is 15.3 Å². The van der Waals surface area contributed by atoms with Gasteiger partial charge in [-0.2, -0.15) is 13.2 Å². The number of aromatic nitrogens is 2. The van der Waals surface area contributed by atoms with Gasteiger partial charge in [-0.3, -0.25) is 4.90 Å². The second-order valence-corrected chi connectivity index (χ2v) is 5.82. The maximum absolute atomic E-state index is 12.5. The maximum Gasteiger partial charge on any atom is 0.401 e. The van der Waals surface area contributed by atoms with Crippen LogP contribution < -0.4 is 10.2 Å². The summed E-state index contributed by atoms with van der Waals surface area (Å²) >= 11 is 0. The fraction of sp³-hybridized carbons (Fsp3) is 0.643. The van der Waals surface area contributed by atoms with E-state index in [1.807, 2.05) is 0 Å². The quantitative estimate of drug-likeness (QED) is 0.902. The fourth-order valence-corrected chi connectivity index (χ4v) is 2.55. The first-order valence-electron chi connectivity index (χ1n) is 7.58. The first-order chi connectivity index (χ1) is 11.3. The molecule has 0 aromatic carbocycles. The summed E-state index contributed by atoms with van der Waals surface area (Å²) in [6.07, 6.45) is -0.852. The second kappa shape index (κ2) is 7.65. The molecule has 10 heteroatoms. The molecule has 24 heavy (non-hydrogen) atoms. The van der Waals surface area contributed by atoms with Gasteiger partial charge in [0, 0.05) is 40.3 Å². The lowest BCUT2D eigenvalue weighted by Crippen LogP contribution is -2.40. The van der Waals surface area contributed by atoms with Crippen LogP contribution in [0.3, 0.4) is 0 Å². The molecule has 0 saturated carbocycles. The van der Waals surface area contributed by atoms with Gasteiger partial charge in [-0.15, -0.1) is 0 Å². The van der Waals surface area contributed by atoms with E-state index in [1.165, 1.54) is 22.3 Å². The van der Waals surface area contributed by atoms with Crippen LogP contribution >= 0.6 is 0 Å². The van der Waals surface area contributed by atoms with Gasteiger partial charge in [0.2, 0.25) is 0 Å². The average molecular weight is 346 g/mol. The molecule has 0 radical (unpaired) electrons. The van der Waals surface area contributed by atoms with E-state index in [4.69, 9.17) is 0 Å². The molecule has 1 aromatic rings. The van der Waals surface area contributed by atoms with Gasteiger partial charge in [0.15, 0.2) is 5.82 Å². The van der Waals surface area contributed by atoms with E-state index in [0.29, 0.717) is 31.0 Å². The van der Waals surface area contributed by atoms with Crippen molar-refractivity contribution >= 4 is 17.5 Å². The largest absolute Gasteiger partial charge is 0.401 e. The molecule has 2 heterocycles. The minimum absolute atomic E-state index is 0.193. The number of alkyl halides is 3. The summed E-state index contributed by atoms with van der Waals surface area (Å²) in [5.74, 6) is 0.562. The Bertz CT molecular complexity index is 566. The summed E-state index contributed by atoms with van der Waals surface area (Å²) in [5, 5.41) is 2.73. The smallest absolute Gasteiger partial charge is 0.361 e. The van der Waals surface area contributed by atoms with E-state index in [1.54, 1.807) is 19.0 Å². The first kappa shape index (κ1) is 18.2. The fourth-order valence-electron chi connectivity index (χ4n) is 2.55. The summed E-state index contributed by atoms with van der Waals surface area (Å²) < 4.78 is 37.4. The Kier molecular flexibility index (Phi) is 5.81. The Hall–Kier alpha value is -2.10. The lowest BCUT2D eigenvalue weighted by Gasteiger charge is -2.23. The normalized spacial score (nSPS) is 16.6. The molecule has 0 spiro atoms. The molecule has 0 atom stereocenters. The highest BCUT2D eigenvalue weighted by molar-refractivity contribution is 5.92. The Labute approximate surface area is 138 Å². The molecule has 0 unspecified atom stereocenters. The minimum Gasteiger partial charge on any atom is -0.361 e. The van der Waals surface area contributed by atoms with Crippen molar-refractivity contribution < 1.29 is 18.0 Å². The molecule has 1 saturated heterocycles. The molecule has 1 aromatic heterocycles. The van der Waals surface area contributed by atoms with Crippen molar-refractivity contribution in [3.05, 3.63) is 12.5 Å². The zero-order valence-corrected chi connectivity index (χ0v) is 13.7. The Morgan fingerprint density at radius 1 is 1.29 bits per heavy atom. The van der Waals surface area contributed by atoms with Gasteiger partial charge < -0.3 is 15.1 Å². The van der Waals surface area contributed by atoms with E-state index in [0.717, 1.165) is 0 Å². The highest BCUT2D eigenvalue weighted by Gasteiger charge is 2.32. The van der Waals surface area contributed by atoms with Crippen LogP contribution in [0, 0.1) is 0 Å². The molecule has 2 amide bonds. The molecule has 0 bridgehead atoms. The van der Waals surface area contributed by atoms with E-state index in [-0.39, 0.29) is 19.1 Å². The molecule has 1 fully saturated rings. The Morgan fingerprint density at radius 2 is 2.04 bits per heavy atom. The molecule has 1 N–H and O–H groups in total. The molecule has 1 aliphatic rings. The number of anilines is 2. The van der Waals surface area contributed by atoms with Crippen LogP contribution in [0.2, 0.25) is 0 Å². The number of urea groups is 1. The number of carbonyl (C=O) groups excluding carboxylic acids is 1. The third kappa shape index (κ3) is 5.22. The van der Waals surface area contributed by atoms with Gasteiger partial charge in [0.05, 0.1) is 12.7 Å². The summed E-state index contributed by atoms with van der Waals surface area (Å²) in [4.78, 5) is 25.0. The van der Waals surface area contributed by atoms with Crippen molar-refractivity contribution in [2.75, 3.05) is 57.0 Å². The molecule has 1 aliphatic heterocycles. The van der Waals surface area contributed by atoms with Crippen LogP contribution in [0.5, 0.6) is 0 Å². The minimum atomic E-state index is -4.22. The van der Waals surface area contributed by atoms with Crippen LogP contribution in [0.15, 0.2) is 12.5 Å². The van der Waals surface area contributed by atoms with Crippen molar-refractivity contribution in [1.82, 2.24) is 19.8 Å². The molecular formula is C14H21F3N6O. The van der Waals surface area contributed by atoms with Crippen molar-refractivity contribution in [3.63, 3.8) is 0 Å². The molecule has 0 aliphatic carbocycles. The number of hydrogen-bond donors (Lipinski definition) is 1. The van der Waals surface area contributed by atoms with Crippen LogP contribution in [0.25, 0.3) is 0 Å². The number of rotatable bonds is 3. The summed E-state index contributed by atoms with van der Waals surface area (Å²) in [6, 6.07) is -0.359. The number of amides is 2. The van der Waals surface area contributed by atoms with Crippen LogP contribution in [-0.4, -0.2) is 78.8 Å². The third-order valence-electron chi connectivity index (χ3n) is 3.64. The summed E-state index contributed by atoms with van der Waals surface area (Å²) in [5.41, 5.74) is 0.462. The van der Waals surface area contributed by atoms with Gasteiger partial charge in [-0.25, -0.2) is 14.8 Å². The summed E-state index contributed by atoms with van der Waals surface area (Å²) in [6.45, 7) is 0.220. The van der Waals surface area contributed by atoms with Crippen LogP contribution in [0.4, 0.5) is 29.5 Å². The lowest BCUT2D eigenvalue weighted by atomic mass is 10.4. The van der Waals surface area contributed by atoms with Crippen molar-refractivity contribution in [3.8, 4) is 0 Å². The van der Waals surface area contributed by atoms with Gasteiger partial charge in [0.25, 0.3) is 0 Å². The van der Waals surface area contributed by atoms with E-state index >= 15 is 0 Å². The first-order valence-corrected chi connectivity index (χ1v) is 7.58. The number of carbonyl (C=O) groups is 1. The standard InChI is InChI=1S/C14H21F3N6O/c1-21(2)12-11(8-18-10-19-12)20-13(24)23-5-3-4-22(6-7-23)9-14(15,16)17/h8,10H,3-7,9H2,1-2H3,(H,20,24). The highest BCUT2D eigenvalue weighted by Crippen LogP contribution is 2.20. The van der Waals surface area contributed by atoms with Crippen LogP contribution in [-0.2, 0) is 0 Å². The average Bonchev–Trinajstić information content (AvgIpc) is 2.71. The Balaban J connectivity index is 1.96. The molecular weight excluding hydrogens is 325 g/mol. The van der Waals surface area contributed by atoms with Gasteiger partial charge >= 0.3 is 12.2 Å². The number of nitrogens with zero attached hydrogens (tertiary/aromatic N) is 5. The molecule has 2 rings (SSSR count). The number of hydrogen-bond acceptors (Lipinski definition) is 5. The zero-order valence-electron chi connectivity index (χ0n) is 13.7. The molecule has 7 nitrogen and oxygen atoms in total. The van der Waals surface area contributed by atoms with E-state index < -0.39 is 12.7 Å². The lowest BCUT2D eigenvalue weighted by molar-refractivity contribution is -0.145. The number of nitrogens with one attached hydrogen (secondary N) is 1. The van der Waals surface area contributed by atoms with Gasteiger partial charge in [0.1, 0.15) is 12.0 Å². The Morgan fingerprint density at radius 3 is 2.71 bits per heavy atom. The third-order valence-corrected chi connectivity index (χ3v) is 3.64. The van der Waals surface area contributed by atoms with Crippen molar-refractivity contribution in [2.45, 2.75) is 12.6 Å². The van der Waals surface area contributed by atoms with Gasteiger partial charge in [-0.05, 0) is 6.42 Å². The zero-order chi connectivity index (χ0) is 17.7. The maximum atomic E-state index is 12.5. The van der Waals surface area contributed by atoms with Crippen LogP contribution in [0.1, 0.15) is 6.42 Å². The SMILES string of the molecule is CN(C)c1ncncc1NC(=O)N1CCCN(CC(F)(F)F)CC1. The highest BCUT2D eigenvalue weighted by atomic mass is 19.4. The van der Waals surface area contributed by atoms with Gasteiger partial charge in [-0.1, -0.05) is 0 Å². The van der Waals surface area contributed by atoms with Crippen molar-refractivity contribution in [2.24, 2.45) is 0 Å². The topological polar surface area (TPSA) is 64.6 Å². The second-order valence-electron chi connectivity index (χ2n) is 5.82.